The van der Waals surface area contributed by atoms with E-state index in [-0.39, 0.29) is 42.2 Å². The number of carbonyl (C=O) groups is 5. The monoisotopic (exact) mass is 744 g/mol. The number of fused-ring (bicyclic) bond motifs is 1. The average molecular weight is 745 g/mol. The number of carbonyl (C=O) groups excluding carboxylic acids is 4. The van der Waals surface area contributed by atoms with Crippen LogP contribution in [0.4, 0.5) is 0 Å². The van der Waals surface area contributed by atoms with Crippen LogP contribution in [-0.4, -0.2) is 85.0 Å². The molecule has 1 aliphatic heterocycles. The molecule has 54 heavy (non-hydrogen) atoms. The van der Waals surface area contributed by atoms with Gasteiger partial charge in [0.1, 0.15) is 35.7 Å². The first-order chi connectivity index (χ1) is 25.9. The molecule has 0 saturated heterocycles. The number of rotatable bonds is 15. The van der Waals surface area contributed by atoms with Crippen molar-refractivity contribution in [2.45, 2.75) is 96.0 Å². The van der Waals surface area contributed by atoms with Crippen molar-refractivity contribution < 1.29 is 43.3 Å². The maximum atomic E-state index is 14.1. The van der Waals surface area contributed by atoms with E-state index >= 15 is 0 Å². The van der Waals surface area contributed by atoms with Gasteiger partial charge in [0.25, 0.3) is 0 Å². The van der Waals surface area contributed by atoms with E-state index in [0.29, 0.717) is 17.2 Å². The van der Waals surface area contributed by atoms with Crippen LogP contribution in [0, 0.1) is 23.7 Å². The highest BCUT2D eigenvalue weighted by atomic mass is 16.5. The number of allylic oxidation sites excluding steroid dienone is 2. The van der Waals surface area contributed by atoms with Crippen LogP contribution in [0.1, 0.15) is 71.3 Å². The number of esters is 1. The van der Waals surface area contributed by atoms with Crippen LogP contribution >= 0.6 is 0 Å². The summed E-state index contributed by atoms with van der Waals surface area (Å²) < 4.78 is 17.1. The second kappa shape index (κ2) is 18.2. The summed E-state index contributed by atoms with van der Waals surface area (Å²) in [5.41, 5.74) is 1.63. The fraction of sp³-hybridized carbons (Fsp3) is 0.512. The fourth-order valence-corrected chi connectivity index (χ4v) is 7.52. The largest absolute Gasteiger partial charge is 0.497 e. The summed E-state index contributed by atoms with van der Waals surface area (Å²) in [4.78, 5) is 71.3. The van der Waals surface area contributed by atoms with E-state index in [2.05, 4.69) is 16.0 Å². The van der Waals surface area contributed by atoms with Gasteiger partial charge < -0.3 is 35.3 Å². The molecule has 4 N–H and O–H groups in total. The van der Waals surface area contributed by atoms with Gasteiger partial charge in [-0.25, -0.2) is 9.59 Å². The smallest absolute Gasteiger partial charge is 0.328 e. The fourth-order valence-electron chi connectivity index (χ4n) is 7.52. The molecule has 7 atom stereocenters. The summed E-state index contributed by atoms with van der Waals surface area (Å²) >= 11 is 0. The van der Waals surface area contributed by atoms with Gasteiger partial charge in [0.15, 0.2) is 0 Å². The summed E-state index contributed by atoms with van der Waals surface area (Å²) in [6, 6.07) is 6.24. The van der Waals surface area contributed by atoms with Crippen LogP contribution in [0.3, 0.4) is 0 Å². The topological polar surface area (TPSA) is 182 Å². The number of hydrogen-bond donors (Lipinski definition) is 4. The lowest BCUT2D eigenvalue weighted by atomic mass is 9.83. The van der Waals surface area contributed by atoms with Crippen molar-refractivity contribution in [1.82, 2.24) is 16.0 Å². The number of nitrogens with zero attached hydrogens (tertiary/aromatic N) is 1. The van der Waals surface area contributed by atoms with Crippen LogP contribution in [0.15, 0.2) is 82.8 Å². The molecule has 3 aliphatic carbocycles. The quantitative estimate of drug-likeness (QED) is 0.192. The predicted molar refractivity (Wildman–Crippen MR) is 201 cm³/mol. The molecule has 1 aromatic rings. The van der Waals surface area contributed by atoms with Gasteiger partial charge in [0, 0.05) is 18.1 Å². The first-order valence-electron chi connectivity index (χ1n) is 18.8. The maximum absolute atomic E-state index is 14.1. The first-order valence-corrected chi connectivity index (χ1v) is 18.8. The van der Waals surface area contributed by atoms with E-state index in [1.54, 1.807) is 34.0 Å². The van der Waals surface area contributed by atoms with Crippen LogP contribution in [-0.2, 0) is 38.2 Å². The van der Waals surface area contributed by atoms with E-state index in [1.807, 2.05) is 54.6 Å². The Kier molecular flexibility index (Phi) is 13.5. The number of nitrogens with one attached hydrogen (secondary N) is 3. The van der Waals surface area contributed by atoms with Crippen molar-refractivity contribution >= 4 is 35.4 Å². The summed E-state index contributed by atoms with van der Waals surface area (Å²) in [6.45, 7) is 5.19. The molecule has 290 valence electrons. The second-order valence-electron chi connectivity index (χ2n) is 14.6. The molecule has 2 unspecified atom stereocenters. The molecule has 0 radical (unpaired) electrons. The molecule has 1 fully saturated rings. The highest BCUT2D eigenvalue weighted by Crippen LogP contribution is 2.37. The molecule has 13 nitrogen and oxygen atoms in total. The number of aliphatic imine (C=N–C) groups is 1. The van der Waals surface area contributed by atoms with Gasteiger partial charge in [-0.3, -0.25) is 19.4 Å². The predicted octanol–water partition coefficient (Wildman–Crippen LogP) is 4.15. The maximum Gasteiger partial charge on any atom is 0.328 e. The summed E-state index contributed by atoms with van der Waals surface area (Å²) in [7, 11) is 2.87. The lowest BCUT2D eigenvalue weighted by Gasteiger charge is -2.31. The third kappa shape index (κ3) is 9.47. The molecule has 13 heteroatoms. The van der Waals surface area contributed by atoms with E-state index in [4.69, 9.17) is 19.2 Å². The lowest BCUT2D eigenvalue weighted by molar-refractivity contribution is -0.147. The van der Waals surface area contributed by atoms with Crippen molar-refractivity contribution in [3.05, 3.63) is 83.4 Å². The molecule has 4 aliphatic rings. The number of aliphatic carboxylic acids is 1. The van der Waals surface area contributed by atoms with Gasteiger partial charge in [0.2, 0.25) is 17.7 Å². The second-order valence-corrected chi connectivity index (χ2v) is 14.6. The molecule has 1 saturated carbocycles. The summed E-state index contributed by atoms with van der Waals surface area (Å²) in [6.07, 6.45) is 13.0. The Morgan fingerprint density at radius 1 is 0.963 bits per heavy atom. The normalized spacial score (nSPS) is 24.0. The minimum absolute atomic E-state index is 0.0463. The van der Waals surface area contributed by atoms with E-state index in [9.17, 15) is 29.1 Å². The zero-order valence-electron chi connectivity index (χ0n) is 31.6. The lowest BCUT2D eigenvalue weighted by Crippen LogP contribution is -2.56. The summed E-state index contributed by atoms with van der Waals surface area (Å²) in [5.74, 6) is -4.18. The van der Waals surface area contributed by atoms with Gasteiger partial charge in [-0.05, 0) is 54.9 Å². The number of hydrogen-bond acceptors (Lipinski definition) is 9. The molecule has 0 bridgehead atoms. The Hall–Kier alpha value is -5.20. The van der Waals surface area contributed by atoms with Crippen molar-refractivity contribution in [3.8, 4) is 0 Å². The van der Waals surface area contributed by atoms with Crippen molar-refractivity contribution in [1.29, 1.82) is 0 Å². The number of methoxy groups -OCH3 is 2. The summed E-state index contributed by atoms with van der Waals surface area (Å²) in [5, 5.41) is 17.9. The zero-order valence-corrected chi connectivity index (χ0v) is 31.6. The minimum atomic E-state index is -1.19. The Morgan fingerprint density at radius 2 is 1.69 bits per heavy atom. The molecule has 1 aromatic carbocycles. The van der Waals surface area contributed by atoms with Crippen LogP contribution in [0.25, 0.3) is 0 Å². The van der Waals surface area contributed by atoms with Crippen molar-refractivity contribution in [2.75, 3.05) is 14.2 Å². The van der Waals surface area contributed by atoms with Crippen LogP contribution in [0.5, 0.6) is 0 Å². The van der Waals surface area contributed by atoms with Crippen molar-refractivity contribution in [2.24, 2.45) is 28.7 Å². The molecule has 0 spiro atoms. The third-order valence-electron chi connectivity index (χ3n) is 10.6. The highest BCUT2D eigenvalue weighted by Gasteiger charge is 2.42. The number of dihydropyridines is 1. The Morgan fingerprint density at radius 3 is 2.31 bits per heavy atom. The Balaban J connectivity index is 1.42. The number of carboxylic acid groups (broad SMARTS) is 1. The number of carboxylic acids is 1. The van der Waals surface area contributed by atoms with Gasteiger partial charge in [-0.2, -0.15) is 0 Å². The number of benzene rings is 1. The molecule has 3 amide bonds. The van der Waals surface area contributed by atoms with Gasteiger partial charge >= 0.3 is 11.9 Å². The first kappa shape index (κ1) is 40.0. The van der Waals surface area contributed by atoms with Gasteiger partial charge in [-0.1, -0.05) is 76.4 Å². The number of ether oxygens (including phenoxy) is 3. The van der Waals surface area contributed by atoms with Crippen molar-refractivity contribution in [3.63, 3.8) is 0 Å². The van der Waals surface area contributed by atoms with Gasteiger partial charge in [-0.15, -0.1) is 0 Å². The van der Waals surface area contributed by atoms with Crippen LogP contribution < -0.4 is 16.0 Å². The molecule has 5 rings (SSSR count). The zero-order chi connectivity index (χ0) is 38.9. The van der Waals surface area contributed by atoms with E-state index in [1.165, 1.54) is 7.11 Å². The SMILES string of the molecule is CC[C@H](NC(=O)[C@@H]1C[C@@H](OC2=CC(c3ccccc3)=NC3C=C(OC)C=CC23)C=C1C(=O)N[C@@H](C(=O)N[C@@H](C(=O)OC)C1CCCCC1)C(C)C)C(=O)O. The molecular formula is C41H52N4O9. The third-order valence-corrected chi connectivity index (χ3v) is 10.6. The molecular weight excluding hydrogens is 692 g/mol. The van der Waals surface area contributed by atoms with Gasteiger partial charge in [0.05, 0.1) is 37.8 Å². The van der Waals surface area contributed by atoms with E-state index < -0.39 is 59.8 Å². The van der Waals surface area contributed by atoms with E-state index in [0.717, 1.165) is 37.7 Å². The Bertz CT molecular complexity index is 1720. The molecule has 0 aromatic heterocycles. The minimum Gasteiger partial charge on any atom is -0.497 e. The average Bonchev–Trinajstić information content (AvgIpc) is 3.61. The molecule has 1 heterocycles. The number of amides is 3. The highest BCUT2D eigenvalue weighted by molar-refractivity contribution is 6.09. The Labute approximate surface area is 316 Å². The van der Waals surface area contributed by atoms with Crippen LogP contribution in [0.2, 0.25) is 0 Å². The standard InChI is InChI=1S/C41H52N4O9/c1-6-31(40(49)50)43-37(46)29-19-27(54-34-22-32(24-13-9-7-10-14-24)42-33-21-26(52-4)17-18-28(33)34)20-30(29)38(47)44-35(23(2)3)39(48)45-36(41(51)53-5)25-15-11-8-12-16-25/h7,9-10,13-14,17-18,20-23,25,27-29,31,33,35-36H,6,8,11-12,15-16,19H2,1-5H3,(H,43,46)(H,44,47)(H,45,48)(H,49,50)/t27-,28?,29-,31+,33?,35-,36-/m1/s1.